The van der Waals surface area contributed by atoms with E-state index in [0.717, 1.165) is 49.8 Å². The van der Waals surface area contributed by atoms with Crippen molar-refractivity contribution in [1.82, 2.24) is 18.7 Å². The van der Waals surface area contributed by atoms with E-state index in [1.165, 1.54) is 14.7 Å². The van der Waals surface area contributed by atoms with Crippen molar-refractivity contribution in [3.8, 4) is 17.3 Å². The van der Waals surface area contributed by atoms with Crippen LogP contribution in [-0.4, -0.2) is 18.7 Å². The molecule has 62 heavy (non-hydrogen) atoms. The minimum atomic E-state index is -2.62. The predicted molar refractivity (Wildman–Crippen MR) is 251 cm³/mol. The van der Waals surface area contributed by atoms with Gasteiger partial charge in [0.05, 0.1) is 16.7 Å². The van der Waals surface area contributed by atoms with Crippen molar-refractivity contribution < 1.29 is 34.0 Å². The van der Waals surface area contributed by atoms with Crippen LogP contribution >= 0.6 is 0 Å². The van der Waals surface area contributed by atoms with Crippen LogP contribution in [0.1, 0.15) is 34.6 Å². The van der Waals surface area contributed by atoms with Gasteiger partial charge in [0, 0.05) is 110 Å². The number of pyridine rings is 1. The van der Waals surface area contributed by atoms with Gasteiger partial charge in [0.2, 0.25) is 0 Å². The van der Waals surface area contributed by atoms with Crippen molar-refractivity contribution in [1.29, 1.82) is 0 Å². The first-order chi connectivity index (χ1) is 32.1. The number of anilines is 4. The fourth-order valence-corrected chi connectivity index (χ4v) is 9.18. The van der Waals surface area contributed by atoms with Gasteiger partial charge in [-0.1, -0.05) is 93.0 Å². The number of hydrogen-bond acceptors (Lipinski definition) is 4. The number of para-hydroxylation sites is 4. The van der Waals surface area contributed by atoms with Gasteiger partial charge in [0.15, 0.2) is 0 Å². The number of ether oxygens (including phenoxy) is 1. The van der Waals surface area contributed by atoms with Gasteiger partial charge in [-0.3, -0.25) is 0 Å². The molecule has 306 valence electrons. The van der Waals surface area contributed by atoms with E-state index >= 15 is 0 Å². The van der Waals surface area contributed by atoms with Crippen LogP contribution in [0.5, 0.6) is 11.5 Å². The number of fused-ring (bicyclic) bond motifs is 10. The zero-order valence-corrected chi connectivity index (χ0v) is 36.2. The van der Waals surface area contributed by atoms with E-state index in [2.05, 4.69) is 61.7 Å². The topological polar surface area (TPSA) is 43.4 Å². The molecular weight excluding hydrogens is 944 g/mol. The van der Waals surface area contributed by atoms with Crippen molar-refractivity contribution in [3.63, 3.8) is 0 Å². The molecule has 0 aliphatic carbocycles. The summed E-state index contributed by atoms with van der Waals surface area (Å²) < 4.78 is 65.0. The van der Waals surface area contributed by atoms with Gasteiger partial charge in [-0.25, -0.2) is 4.98 Å². The predicted octanol–water partition coefficient (Wildman–Crippen LogP) is 13.6. The molecular formula is C54H41N6OPt-3. The first kappa shape index (κ1) is 32.0. The van der Waals surface area contributed by atoms with Crippen LogP contribution in [0, 0.1) is 18.8 Å². The summed E-state index contributed by atoms with van der Waals surface area (Å²) in [6, 6.07) is 53.8. The third-order valence-electron chi connectivity index (χ3n) is 12.1. The minimum absolute atomic E-state index is 0. The fourth-order valence-electron chi connectivity index (χ4n) is 9.18. The number of aromatic nitrogens is 4. The Balaban J connectivity index is 0.00000507. The summed E-state index contributed by atoms with van der Waals surface area (Å²) >= 11 is 0. The molecule has 8 heteroatoms. The van der Waals surface area contributed by atoms with E-state index in [1.807, 2.05) is 126 Å². The van der Waals surface area contributed by atoms with Gasteiger partial charge >= 0.3 is 0 Å². The van der Waals surface area contributed by atoms with E-state index in [0.29, 0.717) is 55.7 Å². The number of nitrogens with zero attached hydrogens (tertiary/aromatic N) is 6. The third kappa shape index (κ3) is 5.64. The van der Waals surface area contributed by atoms with Gasteiger partial charge < -0.3 is 28.2 Å². The van der Waals surface area contributed by atoms with Crippen molar-refractivity contribution in [2.45, 2.75) is 26.2 Å². The Labute approximate surface area is 382 Å². The molecule has 0 fully saturated rings. The van der Waals surface area contributed by atoms with E-state index in [4.69, 9.17) is 17.9 Å². The van der Waals surface area contributed by atoms with Crippen LogP contribution in [0.2, 0.25) is 0 Å². The molecule has 7 nitrogen and oxygen atoms in total. The maximum atomic E-state index is 8.92. The van der Waals surface area contributed by atoms with Crippen LogP contribution < -0.4 is 14.5 Å². The third-order valence-corrected chi connectivity index (χ3v) is 12.1. The monoisotopic (exact) mass is 990 g/mol. The molecule has 0 spiro atoms. The smallest absolute Gasteiger partial charge is 0.135 e. The molecule has 0 amide bonds. The maximum absolute atomic E-state index is 8.92. The van der Waals surface area contributed by atoms with Gasteiger partial charge in [-0.15, -0.1) is 48.1 Å². The number of aryl methyl sites for hydroxylation is 2. The molecule has 0 N–H and O–H groups in total. The Bertz CT molecular complexity index is 3700. The van der Waals surface area contributed by atoms with Crippen LogP contribution in [0.25, 0.3) is 71.2 Å². The Morgan fingerprint density at radius 2 is 1.24 bits per heavy atom. The second-order valence-electron chi connectivity index (χ2n) is 16.7. The van der Waals surface area contributed by atoms with Crippen LogP contribution in [0.4, 0.5) is 22.7 Å². The van der Waals surface area contributed by atoms with E-state index < -0.39 is 14.0 Å². The summed E-state index contributed by atoms with van der Waals surface area (Å²) in [4.78, 5) is 8.61. The molecule has 12 rings (SSSR count). The zero-order chi connectivity index (χ0) is 46.1. The second kappa shape index (κ2) is 14.1. The summed E-state index contributed by atoms with van der Waals surface area (Å²) in [5.41, 5.74) is 7.40. The standard InChI is InChI=1S/C54H41N6O.Pt/c1-54(2,3)34-24-27-46-41(29-34)40-26-25-37(31-49(40)60(46)50-23-12-13-28-55-50)61-36-16-14-15-35(30-36)58-33-59(48-22-11-10-21-47(48)58)53-51-42(38-17-6-8-19-44(38)56(51)4)32-43-39-18-7-9-20-45(39)57(5)52(43)53;/h6-29,32-33H,1-5H3;/q-3;/i4D3,5D3;. The van der Waals surface area contributed by atoms with Gasteiger partial charge in [-0.05, 0) is 64.9 Å². The molecule has 0 unspecified atom stereocenters. The number of rotatable bonds is 5. The SMILES string of the molecule is [2H]C([2H])([2H])n1c2ccccc2c2cc3c4ccccc4n(C([2H])([2H])[2H])c3c(N3[CH-]N(c4[c-]c(Oc5[c-]c6c(cc5)c5cc(C(C)(C)C)ccc5n6-c5ccccn5)ccc4)c4ccccc43)c21.[Pt]. The van der Waals surface area contributed by atoms with E-state index in [1.54, 1.807) is 18.3 Å². The molecule has 0 saturated carbocycles. The summed E-state index contributed by atoms with van der Waals surface area (Å²) in [5, 5.41) is 5.01. The summed E-state index contributed by atoms with van der Waals surface area (Å²) in [5.74, 6) is 1.71. The molecule has 11 aromatic rings. The van der Waals surface area contributed by atoms with Crippen molar-refractivity contribution in [2.75, 3.05) is 9.80 Å². The van der Waals surface area contributed by atoms with E-state index in [-0.39, 0.29) is 26.5 Å². The zero-order valence-electron chi connectivity index (χ0n) is 39.9. The maximum Gasteiger partial charge on any atom is 0.135 e. The Kier molecular flexibility index (Phi) is 7.28. The normalized spacial score (nSPS) is 14.8. The quantitative estimate of drug-likeness (QED) is 0.161. The molecule has 1 aliphatic heterocycles. The van der Waals surface area contributed by atoms with Crippen LogP contribution in [0.3, 0.4) is 0 Å². The molecule has 0 atom stereocenters. The summed E-state index contributed by atoms with van der Waals surface area (Å²) in [6.45, 7) is 3.27. The Morgan fingerprint density at radius 1 is 0.581 bits per heavy atom. The molecule has 1 aliphatic rings. The minimum Gasteiger partial charge on any atom is -0.509 e. The molecule has 4 aromatic heterocycles. The number of benzene rings is 7. The van der Waals surface area contributed by atoms with Crippen LogP contribution in [-0.2, 0) is 40.4 Å². The first-order valence-corrected chi connectivity index (χ1v) is 20.3. The number of hydrogen-bond donors (Lipinski definition) is 0. The van der Waals surface area contributed by atoms with Crippen molar-refractivity contribution in [2.24, 2.45) is 14.0 Å². The molecule has 5 heterocycles. The van der Waals surface area contributed by atoms with Crippen molar-refractivity contribution >= 4 is 88.2 Å². The largest absolute Gasteiger partial charge is 0.509 e. The van der Waals surface area contributed by atoms with E-state index in [9.17, 15) is 0 Å². The summed E-state index contributed by atoms with van der Waals surface area (Å²) in [6.07, 6.45) is 1.79. The van der Waals surface area contributed by atoms with Crippen LogP contribution in [0.15, 0.2) is 152 Å². The average molecular weight is 991 g/mol. The van der Waals surface area contributed by atoms with Gasteiger partial charge in [0.1, 0.15) is 5.82 Å². The van der Waals surface area contributed by atoms with Gasteiger partial charge in [-0.2, -0.15) is 12.1 Å². The summed E-state index contributed by atoms with van der Waals surface area (Å²) in [7, 11) is 0. The average Bonchev–Trinajstić information content (AvgIpc) is 4.05. The fraction of sp³-hybridized carbons (Fsp3) is 0.111. The molecule has 7 aromatic carbocycles. The Morgan fingerprint density at radius 3 is 1.92 bits per heavy atom. The first-order valence-electron chi connectivity index (χ1n) is 23.3. The molecule has 0 saturated heterocycles. The molecule has 0 radical (unpaired) electrons. The second-order valence-corrected chi connectivity index (χ2v) is 16.7. The Hall–Kier alpha value is -6.82. The van der Waals surface area contributed by atoms with Gasteiger partial charge in [0.25, 0.3) is 0 Å². The molecule has 0 bridgehead atoms. The van der Waals surface area contributed by atoms with Crippen molar-refractivity contribution in [3.05, 3.63) is 176 Å².